The van der Waals surface area contributed by atoms with Crippen molar-refractivity contribution in [3.05, 3.63) is 24.0 Å². The van der Waals surface area contributed by atoms with Crippen molar-refractivity contribution < 1.29 is 4.74 Å². The van der Waals surface area contributed by atoms with Gasteiger partial charge < -0.3 is 9.73 Å². The lowest BCUT2D eigenvalue weighted by molar-refractivity contribution is 0.179. The second kappa shape index (κ2) is 4.85. The molecule has 0 saturated carbocycles. The molecule has 0 radical (unpaired) electrons. The smallest absolute Gasteiger partial charge is 0.115 e. The Morgan fingerprint density at radius 3 is 2.92 bits per heavy atom. The van der Waals surface area contributed by atoms with Gasteiger partial charge in [0.1, 0.15) is 11.9 Å². The molecule has 1 unspecified atom stereocenters. The highest BCUT2D eigenvalue weighted by atomic mass is 16.5. The molecule has 2 heteroatoms. The molecule has 13 heavy (non-hydrogen) atoms. The Morgan fingerprint density at radius 2 is 2.38 bits per heavy atom. The van der Waals surface area contributed by atoms with E-state index in [1.807, 2.05) is 6.21 Å². The second-order valence-corrected chi connectivity index (χ2v) is 3.30. The molecule has 1 aliphatic heterocycles. The minimum Gasteiger partial charge on any atom is -0.491 e. The van der Waals surface area contributed by atoms with Crippen LogP contribution in [0.4, 0.5) is 0 Å². The van der Waals surface area contributed by atoms with E-state index in [4.69, 9.17) is 4.74 Å². The van der Waals surface area contributed by atoms with Crippen LogP contribution in [0.3, 0.4) is 0 Å². The first-order chi connectivity index (χ1) is 6.24. The van der Waals surface area contributed by atoms with Gasteiger partial charge in [-0.25, -0.2) is 0 Å². The van der Waals surface area contributed by atoms with Crippen molar-refractivity contribution >= 4 is 6.21 Å². The molecule has 0 N–H and O–H groups in total. The number of ether oxygens (including phenoxy) is 1. The second-order valence-electron chi connectivity index (χ2n) is 3.30. The minimum atomic E-state index is 0.304. The number of hydrogen-bond acceptors (Lipinski definition) is 2. The summed E-state index contributed by atoms with van der Waals surface area (Å²) in [6.07, 6.45) is 7.47. The minimum absolute atomic E-state index is 0.304. The third kappa shape index (κ3) is 3.05. The number of unbranched alkanes of at least 4 members (excludes halogenated alkanes) is 1. The van der Waals surface area contributed by atoms with E-state index in [9.17, 15) is 0 Å². The number of allylic oxidation sites excluding steroid dienone is 2. The molecule has 1 atom stereocenters. The Labute approximate surface area is 80.0 Å². The molecule has 0 aromatic rings. The highest BCUT2D eigenvalue weighted by molar-refractivity contribution is 5.57. The van der Waals surface area contributed by atoms with Crippen LogP contribution in [0, 0.1) is 0 Å². The maximum atomic E-state index is 5.43. The van der Waals surface area contributed by atoms with Crippen molar-refractivity contribution in [3.8, 4) is 0 Å². The molecule has 0 aliphatic carbocycles. The van der Waals surface area contributed by atoms with Crippen LogP contribution in [0.25, 0.3) is 0 Å². The van der Waals surface area contributed by atoms with E-state index in [1.54, 1.807) is 7.05 Å². The Kier molecular flexibility index (Phi) is 3.74. The Bertz CT molecular complexity index is 240. The van der Waals surface area contributed by atoms with Crippen LogP contribution in [-0.2, 0) is 4.74 Å². The van der Waals surface area contributed by atoms with Gasteiger partial charge in [-0.3, -0.25) is 0 Å². The average Bonchev–Trinajstić information content (AvgIpc) is 2.39. The monoisotopic (exact) mass is 179 g/mol. The van der Waals surface area contributed by atoms with Crippen LogP contribution in [0.1, 0.15) is 26.2 Å². The first kappa shape index (κ1) is 10.0. The lowest BCUT2D eigenvalue weighted by Crippen LogP contribution is -1.93. The average molecular weight is 179 g/mol. The predicted molar refractivity (Wildman–Crippen MR) is 56.0 cm³/mol. The maximum Gasteiger partial charge on any atom is 0.115 e. The topological polar surface area (TPSA) is 21.6 Å². The van der Waals surface area contributed by atoms with Gasteiger partial charge >= 0.3 is 0 Å². The molecule has 72 valence electrons. The third-order valence-electron chi connectivity index (χ3n) is 2.08. The molecule has 1 rings (SSSR count). The molecule has 0 aromatic heterocycles. The van der Waals surface area contributed by atoms with Gasteiger partial charge in [-0.05, 0) is 31.6 Å². The molecule has 0 spiro atoms. The largest absolute Gasteiger partial charge is 0.491 e. The standard InChI is InChI=1S/C11H17NO/c1-9-8-11(10(2)13-9)6-4-5-7-12-3/h6-7,9H,2,4-5,8H2,1,3H3/b11-6-,12-7?. The summed E-state index contributed by atoms with van der Waals surface area (Å²) in [7, 11) is 1.80. The summed E-state index contributed by atoms with van der Waals surface area (Å²) >= 11 is 0. The first-order valence-electron chi connectivity index (χ1n) is 4.69. The zero-order valence-corrected chi connectivity index (χ0v) is 8.42. The van der Waals surface area contributed by atoms with Gasteiger partial charge in [-0.1, -0.05) is 12.7 Å². The molecular weight excluding hydrogens is 162 g/mol. The lowest BCUT2D eigenvalue weighted by Gasteiger charge is -1.99. The zero-order valence-electron chi connectivity index (χ0n) is 8.42. The van der Waals surface area contributed by atoms with Crippen LogP contribution in [0.5, 0.6) is 0 Å². The molecule has 1 saturated heterocycles. The van der Waals surface area contributed by atoms with Crippen molar-refractivity contribution in [1.82, 2.24) is 0 Å². The number of aliphatic imine (C=N–C) groups is 1. The molecule has 1 aliphatic rings. The number of hydrogen-bond donors (Lipinski definition) is 0. The summed E-state index contributed by atoms with van der Waals surface area (Å²) in [5.74, 6) is 0.848. The molecule has 0 amide bonds. The van der Waals surface area contributed by atoms with Gasteiger partial charge in [0.2, 0.25) is 0 Å². The predicted octanol–water partition coefficient (Wildman–Crippen LogP) is 2.72. The van der Waals surface area contributed by atoms with Crippen molar-refractivity contribution in [3.63, 3.8) is 0 Å². The van der Waals surface area contributed by atoms with E-state index in [1.165, 1.54) is 5.57 Å². The van der Waals surface area contributed by atoms with Gasteiger partial charge in [0, 0.05) is 13.5 Å². The molecule has 0 bridgehead atoms. The van der Waals surface area contributed by atoms with Crippen LogP contribution >= 0.6 is 0 Å². The fourth-order valence-electron chi connectivity index (χ4n) is 1.44. The van der Waals surface area contributed by atoms with Crippen molar-refractivity contribution in [2.24, 2.45) is 4.99 Å². The first-order valence-corrected chi connectivity index (χ1v) is 4.69. The van der Waals surface area contributed by atoms with Gasteiger partial charge in [-0.2, -0.15) is 0 Å². The molecule has 2 nitrogen and oxygen atoms in total. The summed E-state index contributed by atoms with van der Waals surface area (Å²) in [5, 5.41) is 0. The van der Waals surface area contributed by atoms with E-state index in [-0.39, 0.29) is 0 Å². The van der Waals surface area contributed by atoms with E-state index in [0.29, 0.717) is 6.10 Å². The maximum absolute atomic E-state index is 5.43. The van der Waals surface area contributed by atoms with Crippen LogP contribution in [0.2, 0.25) is 0 Å². The summed E-state index contributed by atoms with van der Waals surface area (Å²) < 4.78 is 5.43. The highest BCUT2D eigenvalue weighted by Crippen LogP contribution is 2.27. The fourth-order valence-corrected chi connectivity index (χ4v) is 1.44. The van der Waals surface area contributed by atoms with Crippen LogP contribution in [-0.4, -0.2) is 19.4 Å². The van der Waals surface area contributed by atoms with E-state index < -0.39 is 0 Å². The summed E-state index contributed by atoms with van der Waals surface area (Å²) in [5.41, 5.74) is 1.26. The highest BCUT2D eigenvalue weighted by Gasteiger charge is 2.18. The summed E-state index contributed by atoms with van der Waals surface area (Å²) in [6.45, 7) is 5.93. The quantitative estimate of drug-likeness (QED) is 0.482. The van der Waals surface area contributed by atoms with Gasteiger partial charge in [0.05, 0.1) is 0 Å². The normalized spacial score (nSPS) is 25.8. The molecule has 0 aromatic carbocycles. The number of nitrogens with zero attached hydrogens (tertiary/aromatic N) is 1. The lowest BCUT2D eigenvalue weighted by atomic mass is 10.1. The van der Waals surface area contributed by atoms with Crippen molar-refractivity contribution in [2.45, 2.75) is 32.3 Å². The molecule has 1 heterocycles. The van der Waals surface area contributed by atoms with E-state index in [2.05, 4.69) is 24.6 Å². The summed E-state index contributed by atoms with van der Waals surface area (Å²) in [6, 6.07) is 0. The van der Waals surface area contributed by atoms with Crippen LogP contribution in [0.15, 0.2) is 29.0 Å². The molecular formula is C11H17NO. The van der Waals surface area contributed by atoms with E-state index in [0.717, 1.165) is 25.0 Å². The van der Waals surface area contributed by atoms with Gasteiger partial charge in [0.15, 0.2) is 0 Å². The van der Waals surface area contributed by atoms with Crippen LogP contribution < -0.4 is 0 Å². The van der Waals surface area contributed by atoms with Gasteiger partial charge in [-0.15, -0.1) is 0 Å². The Morgan fingerprint density at radius 1 is 1.62 bits per heavy atom. The van der Waals surface area contributed by atoms with Crippen molar-refractivity contribution in [2.75, 3.05) is 7.05 Å². The summed E-state index contributed by atoms with van der Waals surface area (Å²) in [4.78, 5) is 3.93. The number of rotatable bonds is 3. The van der Waals surface area contributed by atoms with Gasteiger partial charge in [0.25, 0.3) is 0 Å². The fraction of sp³-hybridized carbons (Fsp3) is 0.545. The molecule has 1 fully saturated rings. The SMILES string of the molecule is C=C1OC(C)C/C1=C/CCC=NC. The zero-order chi connectivity index (χ0) is 9.68. The Balaban J connectivity index is 2.38. The third-order valence-corrected chi connectivity index (χ3v) is 2.08. The van der Waals surface area contributed by atoms with Crippen molar-refractivity contribution in [1.29, 1.82) is 0 Å². The Hall–Kier alpha value is -1.05. The van der Waals surface area contributed by atoms with E-state index >= 15 is 0 Å².